The van der Waals surface area contributed by atoms with E-state index in [2.05, 4.69) is 17.1 Å². The van der Waals surface area contributed by atoms with Crippen LogP contribution in [-0.4, -0.2) is 10.2 Å². The Morgan fingerprint density at radius 2 is 1.77 bits per heavy atom. The second-order valence-electron chi connectivity index (χ2n) is 2.99. The highest BCUT2D eigenvalue weighted by Crippen LogP contribution is 2.23. The van der Waals surface area contributed by atoms with Crippen LogP contribution in [0.5, 0.6) is 0 Å². The fraction of sp³-hybridized carbons (Fsp3) is 0.556. The van der Waals surface area contributed by atoms with Gasteiger partial charge in [-0.25, -0.2) is 0 Å². The molecule has 0 saturated carbocycles. The zero-order valence-corrected chi connectivity index (χ0v) is 9.28. The van der Waals surface area contributed by atoms with Crippen LogP contribution >= 0.6 is 23.2 Å². The van der Waals surface area contributed by atoms with Crippen molar-refractivity contribution in [3.05, 3.63) is 21.4 Å². The minimum Gasteiger partial charge on any atom is -0.137 e. The van der Waals surface area contributed by atoms with Crippen LogP contribution in [0, 0.1) is 6.92 Å². The second-order valence-corrected chi connectivity index (χ2v) is 3.70. The van der Waals surface area contributed by atoms with Crippen molar-refractivity contribution in [3.8, 4) is 0 Å². The molecule has 0 radical (unpaired) electrons. The zero-order valence-electron chi connectivity index (χ0n) is 7.77. The number of aromatic nitrogens is 2. The third-order valence-corrected chi connectivity index (χ3v) is 2.68. The number of nitrogens with zero attached hydrogens (tertiary/aromatic N) is 2. The van der Waals surface area contributed by atoms with Gasteiger partial charge in [0.25, 0.3) is 0 Å². The Bertz CT molecular complexity index is 300. The molecule has 72 valence electrons. The lowest BCUT2D eigenvalue weighted by atomic mass is 10.1. The van der Waals surface area contributed by atoms with Crippen LogP contribution in [0.3, 0.4) is 0 Å². The molecule has 1 heterocycles. The van der Waals surface area contributed by atoms with E-state index in [1.165, 1.54) is 0 Å². The number of hydrogen-bond acceptors (Lipinski definition) is 2. The van der Waals surface area contributed by atoms with Gasteiger partial charge in [0.2, 0.25) is 0 Å². The van der Waals surface area contributed by atoms with E-state index < -0.39 is 0 Å². The topological polar surface area (TPSA) is 25.8 Å². The Labute approximate surface area is 88.3 Å². The van der Waals surface area contributed by atoms with Crippen LogP contribution in [0.2, 0.25) is 10.3 Å². The molecule has 0 aliphatic heterocycles. The molecule has 0 fully saturated rings. The van der Waals surface area contributed by atoms with Crippen LogP contribution in [-0.2, 0) is 6.42 Å². The molecule has 0 N–H and O–H groups in total. The Kier molecular flexibility index (Phi) is 3.94. The molecule has 0 aliphatic carbocycles. The number of halogens is 2. The molecule has 0 bridgehead atoms. The highest BCUT2D eigenvalue weighted by atomic mass is 35.5. The van der Waals surface area contributed by atoms with Gasteiger partial charge in [-0.2, -0.15) is 0 Å². The first kappa shape index (κ1) is 10.7. The minimum atomic E-state index is 0.454. The average Bonchev–Trinajstić information content (AvgIpc) is 2.12. The van der Waals surface area contributed by atoms with E-state index in [9.17, 15) is 0 Å². The van der Waals surface area contributed by atoms with Crippen LogP contribution < -0.4 is 0 Å². The lowest BCUT2D eigenvalue weighted by Gasteiger charge is -2.06. The van der Waals surface area contributed by atoms with Crippen molar-refractivity contribution in [3.63, 3.8) is 0 Å². The summed E-state index contributed by atoms with van der Waals surface area (Å²) in [6.07, 6.45) is 3.16. The normalized spacial score (nSPS) is 10.5. The van der Waals surface area contributed by atoms with Gasteiger partial charge < -0.3 is 0 Å². The van der Waals surface area contributed by atoms with Gasteiger partial charge in [0.15, 0.2) is 10.3 Å². The SMILES string of the molecule is CCCCc1c(Cl)nnc(Cl)c1C. The molecule has 0 atom stereocenters. The van der Waals surface area contributed by atoms with E-state index >= 15 is 0 Å². The molecule has 0 unspecified atom stereocenters. The van der Waals surface area contributed by atoms with Gasteiger partial charge in [-0.05, 0) is 30.9 Å². The van der Waals surface area contributed by atoms with Gasteiger partial charge in [0.05, 0.1) is 0 Å². The summed E-state index contributed by atoms with van der Waals surface area (Å²) >= 11 is 11.7. The van der Waals surface area contributed by atoms with Crippen molar-refractivity contribution >= 4 is 23.2 Å². The van der Waals surface area contributed by atoms with Gasteiger partial charge in [-0.1, -0.05) is 36.5 Å². The molecule has 13 heavy (non-hydrogen) atoms. The standard InChI is InChI=1S/C9H12Cl2N2/c1-3-4-5-7-6(2)8(10)12-13-9(7)11/h3-5H2,1-2H3. The maximum absolute atomic E-state index is 5.90. The van der Waals surface area contributed by atoms with Crippen molar-refractivity contribution in [1.29, 1.82) is 0 Å². The molecule has 0 aliphatic rings. The molecular weight excluding hydrogens is 207 g/mol. The molecule has 0 aromatic carbocycles. The summed E-state index contributed by atoms with van der Waals surface area (Å²) in [6, 6.07) is 0. The Morgan fingerprint density at radius 3 is 2.38 bits per heavy atom. The molecule has 0 spiro atoms. The highest BCUT2D eigenvalue weighted by Gasteiger charge is 2.09. The summed E-state index contributed by atoms with van der Waals surface area (Å²) in [5.74, 6) is 0. The Hall–Kier alpha value is -0.340. The van der Waals surface area contributed by atoms with Gasteiger partial charge in [-0.3, -0.25) is 0 Å². The first-order chi connectivity index (χ1) is 6.16. The van der Waals surface area contributed by atoms with Gasteiger partial charge in [-0.15, -0.1) is 10.2 Å². The van der Waals surface area contributed by atoms with E-state index in [0.717, 1.165) is 30.4 Å². The molecular formula is C9H12Cl2N2. The first-order valence-electron chi connectivity index (χ1n) is 4.34. The van der Waals surface area contributed by atoms with E-state index in [1.54, 1.807) is 0 Å². The van der Waals surface area contributed by atoms with Crippen molar-refractivity contribution in [2.75, 3.05) is 0 Å². The Morgan fingerprint density at radius 1 is 1.15 bits per heavy atom. The monoisotopic (exact) mass is 218 g/mol. The molecule has 0 saturated heterocycles. The Balaban J connectivity index is 2.96. The number of rotatable bonds is 3. The average molecular weight is 219 g/mol. The summed E-state index contributed by atoms with van der Waals surface area (Å²) < 4.78 is 0. The van der Waals surface area contributed by atoms with Crippen molar-refractivity contribution in [2.24, 2.45) is 0 Å². The van der Waals surface area contributed by atoms with Crippen LogP contribution in [0.4, 0.5) is 0 Å². The van der Waals surface area contributed by atoms with Crippen LogP contribution in [0.25, 0.3) is 0 Å². The van der Waals surface area contributed by atoms with E-state index in [0.29, 0.717) is 10.3 Å². The fourth-order valence-electron chi connectivity index (χ4n) is 1.15. The van der Waals surface area contributed by atoms with Crippen molar-refractivity contribution in [2.45, 2.75) is 33.1 Å². The fourth-order valence-corrected chi connectivity index (χ4v) is 1.57. The summed E-state index contributed by atoms with van der Waals surface area (Å²) in [5, 5.41) is 8.44. The molecule has 1 aromatic rings. The molecule has 2 nitrogen and oxygen atoms in total. The summed E-state index contributed by atoms with van der Waals surface area (Å²) in [5.41, 5.74) is 1.98. The van der Waals surface area contributed by atoms with Crippen LogP contribution in [0.1, 0.15) is 30.9 Å². The number of hydrogen-bond donors (Lipinski definition) is 0. The summed E-state index contributed by atoms with van der Waals surface area (Å²) in [6.45, 7) is 4.06. The lowest BCUT2D eigenvalue weighted by Crippen LogP contribution is -1.97. The van der Waals surface area contributed by atoms with E-state index in [-0.39, 0.29) is 0 Å². The number of unbranched alkanes of at least 4 members (excludes halogenated alkanes) is 1. The third kappa shape index (κ3) is 2.55. The summed E-state index contributed by atoms with van der Waals surface area (Å²) in [7, 11) is 0. The quantitative estimate of drug-likeness (QED) is 0.778. The molecule has 1 rings (SSSR count). The van der Waals surface area contributed by atoms with Crippen LogP contribution in [0.15, 0.2) is 0 Å². The second kappa shape index (κ2) is 4.77. The van der Waals surface area contributed by atoms with Gasteiger partial charge in [0.1, 0.15) is 0 Å². The predicted molar refractivity (Wildman–Crippen MR) is 55.4 cm³/mol. The van der Waals surface area contributed by atoms with Gasteiger partial charge >= 0.3 is 0 Å². The highest BCUT2D eigenvalue weighted by molar-refractivity contribution is 6.32. The minimum absolute atomic E-state index is 0.454. The van der Waals surface area contributed by atoms with E-state index in [4.69, 9.17) is 23.2 Å². The lowest BCUT2D eigenvalue weighted by molar-refractivity contribution is 0.782. The molecule has 0 amide bonds. The van der Waals surface area contributed by atoms with Crippen molar-refractivity contribution in [1.82, 2.24) is 10.2 Å². The molecule has 1 aromatic heterocycles. The molecule has 4 heteroatoms. The maximum atomic E-state index is 5.90. The van der Waals surface area contributed by atoms with E-state index in [1.807, 2.05) is 6.92 Å². The predicted octanol–water partition coefficient (Wildman–Crippen LogP) is 3.43. The van der Waals surface area contributed by atoms with Gasteiger partial charge in [0, 0.05) is 0 Å². The summed E-state index contributed by atoms with van der Waals surface area (Å²) in [4.78, 5) is 0. The zero-order chi connectivity index (χ0) is 9.84. The first-order valence-corrected chi connectivity index (χ1v) is 5.09. The third-order valence-electron chi connectivity index (χ3n) is 2.02. The maximum Gasteiger partial charge on any atom is 0.155 e. The van der Waals surface area contributed by atoms with Crippen molar-refractivity contribution < 1.29 is 0 Å². The smallest absolute Gasteiger partial charge is 0.137 e. The largest absolute Gasteiger partial charge is 0.155 e.